The van der Waals surface area contributed by atoms with Gasteiger partial charge in [-0.15, -0.1) is 0 Å². The van der Waals surface area contributed by atoms with Crippen molar-refractivity contribution in [2.45, 2.75) is 124 Å². The third-order valence-electron chi connectivity index (χ3n) is 9.82. The summed E-state index contributed by atoms with van der Waals surface area (Å²) >= 11 is 0. The van der Waals surface area contributed by atoms with E-state index in [0.717, 1.165) is 18.4 Å². The molecule has 0 amide bonds. The van der Waals surface area contributed by atoms with Crippen molar-refractivity contribution in [2.75, 3.05) is 6.61 Å². The molecule has 1 saturated heterocycles. The number of hydrogen-bond acceptors (Lipinski definition) is 8. The standard InChI is InChI=1S/C32H46O8/c1-10-17(3)27(38-19(5)33)18(4)24-26(35)28-20(25(34)29(24)37-11-2)16-21-31(8)14-12-22(30(6,7)36)39-23(31)13-15-32(21,9)40-28/h10,18,21-23,27,36H,11-16H2,1-9H3/b17-10+/t18-,21+,22+,23+,27+,31+,32+/m0/s1. The zero-order valence-electron chi connectivity index (χ0n) is 25.5. The lowest BCUT2D eigenvalue weighted by atomic mass is 9.53. The molecule has 222 valence electrons. The van der Waals surface area contributed by atoms with Gasteiger partial charge in [0, 0.05) is 29.7 Å². The first-order chi connectivity index (χ1) is 18.6. The Morgan fingerprint density at radius 3 is 2.42 bits per heavy atom. The summed E-state index contributed by atoms with van der Waals surface area (Å²) in [5, 5.41) is 10.6. The molecular weight excluding hydrogens is 512 g/mol. The van der Waals surface area contributed by atoms with Crippen molar-refractivity contribution in [3.63, 3.8) is 0 Å². The summed E-state index contributed by atoms with van der Waals surface area (Å²) in [6, 6.07) is 0. The smallest absolute Gasteiger partial charge is 0.303 e. The molecule has 2 aliphatic heterocycles. The van der Waals surface area contributed by atoms with Gasteiger partial charge in [0.25, 0.3) is 0 Å². The van der Waals surface area contributed by atoms with Crippen LogP contribution in [0.1, 0.15) is 94.4 Å². The van der Waals surface area contributed by atoms with Gasteiger partial charge in [0.05, 0.1) is 30.0 Å². The zero-order valence-corrected chi connectivity index (χ0v) is 25.5. The molecule has 0 aromatic rings. The molecule has 4 aliphatic rings. The SMILES string of the molecule is C/C=C(\C)[C@@H](OC(C)=O)[C@@H](C)C1=C(OCC)C(=O)C2=C(O[C@]3(C)CC[C@H]4O[C@@H](C(C)(C)O)CC[C@]4(C)[C@H]3C2)C1=O. The Kier molecular flexibility index (Phi) is 8.20. The molecule has 4 rings (SSSR count). The normalized spacial score (nSPS) is 34.4. The van der Waals surface area contributed by atoms with E-state index < -0.39 is 29.2 Å². The Bertz CT molecular complexity index is 1170. The van der Waals surface area contributed by atoms with Crippen LogP contribution in [0.3, 0.4) is 0 Å². The van der Waals surface area contributed by atoms with Crippen LogP contribution in [0.25, 0.3) is 0 Å². The highest BCUT2D eigenvalue weighted by Gasteiger charge is 2.61. The molecule has 2 aliphatic carbocycles. The van der Waals surface area contributed by atoms with Gasteiger partial charge in [-0.3, -0.25) is 14.4 Å². The topological polar surface area (TPSA) is 108 Å². The fourth-order valence-electron chi connectivity index (χ4n) is 7.44. The Morgan fingerprint density at radius 1 is 1.18 bits per heavy atom. The molecule has 1 N–H and O–H groups in total. The van der Waals surface area contributed by atoms with E-state index in [1.165, 1.54) is 6.92 Å². The van der Waals surface area contributed by atoms with Crippen LogP contribution in [-0.4, -0.2) is 58.8 Å². The van der Waals surface area contributed by atoms with Crippen molar-refractivity contribution in [3.05, 3.63) is 34.3 Å². The van der Waals surface area contributed by atoms with E-state index in [2.05, 4.69) is 6.92 Å². The van der Waals surface area contributed by atoms with E-state index in [0.29, 0.717) is 24.8 Å². The lowest BCUT2D eigenvalue weighted by Crippen LogP contribution is -2.62. The summed E-state index contributed by atoms with van der Waals surface area (Å²) in [6.07, 6.45) is 4.08. The number of ketones is 2. The van der Waals surface area contributed by atoms with Gasteiger partial charge in [0.2, 0.25) is 11.6 Å². The summed E-state index contributed by atoms with van der Waals surface area (Å²) in [7, 11) is 0. The predicted octanol–water partition coefficient (Wildman–Crippen LogP) is 5.13. The maximum atomic E-state index is 14.2. The Hall–Kier alpha value is -2.45. The van der Waals surface area contributed by atoms with E-state index in [-0.39, 0.29) is 58.8 Å². The number of carbonyl (C=O) groups excluding carboxylic acids is 3. The number of carbonyl (C=O) groups is 3. The second kappa shape index (κ2) is 10.8. The minimum atomic E-state index is -0.938. The van der Waals surface area contributed by atoms with Crippen molar-refractivity contribution >= 4 is 17.5 Å². The lowest BCUT2D eigenvalue weighted by Gasteiger charge is -2.60. The molecular formula is C32H46O8. The van der Waals surface area contributed by atoms with Crippen molar-refractivity contribution in [2.24, 2.45) is 17.3 Å². The molecule has 2 fully saturated rings. The van der Waals surface area contributed by atoms with Crippen molar-refractivity contribution in [1.29, 1.82) is 0 Å². The molecule has 0 radical (unpaired) electrons. The maximum absolute atomic E-state index is 14.2. The number of aliphatic hydroxyl groups is 1. The van der Waals surface area contributed by atoms with Crippen LogP contribution in [0.2, 0.25) is 0 Å². The highest BCUT2D eigenvalue weighted by molar-refractivity contribution is 6.24. The summed E-state index contributed by atoms with van der Waals surface area (Å²) in [5.41, 5.74) is -0.568. The molecule has 0 spiro atoms. The second-order valence-corrected chi connectivity index (χ2v) is 13.0. The molecule has 8 nitrogen and oxygen atoms in total. The highest BCUT2D eigenvalue weighted by atomic mass is 16.5. The van der Waals surface area contributed by atoms with Gasteiger partial charge in [-0.2, -0.15) is 0 Å². The van der Waals surface area contributed by atoms with Crippen LogP contribution in [0.15, 0.2) is 34.3 Å². The van der Waals surface area contributed by atoms with Crippen LogP contribution in [-0.2, 0) is 33.3 Å². The molecule has 8 heteroatoms. The number of ether oxygens (including phenoxy) is 4. The Morgan fingerprint density at radius 2 is 1.85 bits per heavy atom. The van der Waals surface area contributed by atoms with Crippen molar-refractivity contribution in [3.8, 4) is 0 Å². The lowest BCUT2D eigenvalue weighted by molar-refractivity contribution is -0.245. The van der Waals surface area contributed by atoms with Crippen molar-refractivity contribution < 1.29 is 38.4 Å². The molecule has 0 aromatic carbocycles. The zero-order chi connectivity index (χ0) is 29.8. The van der Waals surface area contributed by atoms with E-state index in [1.54, 1.807) is 27.7 Å². The van der Waals surface area contributed by atoms with Gasteiger partial charge in [0.1, 0.15) is 11.7 Å². The van der Waals surface area contributed by atoms with E-state index >= 15 is 0 Å². The fourth-order valence-corrected chi connectivity index (χ4v) is 7.44. The first-order valence-corrected chi connectivity index (χ1v) is 14.6. The first-order valence-electron chi connectivity index (χ1n) is 14.6. The monoisotopic (exact) mass is 558 g/mol. The van der Waals surface area contributed by atoms with Gasteiger partial charge in [-0.1, -0.05) is 19.9 Å². The molecule has 0 unspecified atom stereocenters. The maximum Gasteiger partial charge on any atom is 0.303 e. The van der Waals surface area contributed by atoms with E-state index in [4.69, 9.17) is 18.9 Å². The molecule has 40 heavy (non-hydrogen) atoms. The van der Waals surface area contributed by atoms with Crippen LogP contribution < -0.4 is 0 Å². The third-order valence-corrected chi connectivity index (χ3v) is 9.82. The number of rotatable bonds is 7. The van der Waals surface area contributed by atoms with Gasteiger partial charge >= 0.3 is 5.97 Å². The van der Waals surface area contributed by atoms with Crippen LogP contribution in [0.4, 0.5) is 0 Å². The molecule has 2 heterocycles. The minimum absolute atomic E-state index is 0.0199. The molecule has 0 aromatic heterocycles. The van der Waals surface area contributed by atoms with E-state index in [9.17, 15) is 19.5 Å². The summed E-state index contributed by atoms with van der Waals surface area (Å²) < 4.78 is 24.6. The summed E-state index contributed by atoms with van der Waals surface area (Å²) in [4.78, 5) is 40.2. The summed E-state index contributed by atoms with van der Waals surface area (Å²) in [5.74, 6) is -1.74. The number of fused-ring (bicyclic) bond motifs is 3. The Labute approximate surface area is 238 Å². The van der Waals surface area contributed by atoms with Gasteiger partial charge in [-0.05, 0) is 79.2 Å². The highest BCUT2D eigenvalue weighted by Crippen LogP contribution is 2.60. The quantitative estimate of drug-likeness (QED) is 0.260. The average molecular weight is 559 g/mol. The van der Waals surface area contributed by atoms with E-state index in [1.807, 2.05) is 26.8 Å². The number of hydrogen-bond donors (Lipinski definition) is 1. The van der Waals surface area contributed by atoms with Crippen LogP contribution >= 0.6 is 0 Å². The van der Waals surface area contributed by atoms with Crippen LogP contribution in [0.5, 0.6) is 0 Å². The Balaban J connectivity index is 1.73. The molecule has 1 saturated carbocycles. The van der Waals surface area contributed by atoms with Crippen molar-refractivity contribution in [1.82, 2.24) is 0 Å². The van der Waals surface area contributed by atoms with Gasteiger partial charge < -0.3 is 24.1 Å². The molecule has 7 atom stereocenters. The fraction of sp³-hybridized carbons (Fsp3) is 0.719. The molecule has 0 bridgehead atoms. The van der Waals surface area contributed by atoms with Gasteiger partial charge in [0.15, 0.2) is 11.5 Å². The number of Topliss-reactive ketones (excluding diaryl/α,β-unsaturated/α-hetero) is 2. The number of esters is 1. The third kappa shape index (κ3) is 5.06. The second-order valence-electron chi connectivity index (χ2n) is 13.0. The van der Waals surface area contributed by atoms with Crippen LogP contribution in [0, 0.1) is 17.3 Å². The predicted molar refractivity (Wildman–Crippen MR) is 149 cm³/mol. The van der Waals surface area contributed by atoms with Gasteiger partial charge in [-0.25, -0.2) is 0 Å². The number of allylic oxidation sites excluding steroid dienone is 3. The first kappa shape index (κ1) is 30.5. The largest absolute Gasteiger partial charge is 0.489 e. The summed E-state index contributed by atoms with van der Waals surface area (Å²) in [6.45, 7) is 16.6. The minimum Gasteiger partial charge on any atom is -0.489 e. The average Bonchev–Trinajstić information content (AvgIpc) is 2.87.